The first-order valence-electron chi connectivity index (χ1n) is 6.04. The van der Waals surface area contributed by atoms with Crippen molar-refractivity contribution in [1.82, 2.24) is 4.90 Å². The molecule has 0 amide bonds. The fourth-order valence-corrected chi connectivity index (χ4v) is 2.84. The average Bonchev–Trinajstić information content (AvgIpc) is 2.09. The predicted molar refractivity (Wildman–Crippen MR) is 62.3 cm³/mol. The smallest absolute Gasteiger partial charge is 0.0337 e. The van der Waals surface area contributed by atoms with Crippen molar-refractivity contribution in [2.45, 2.75) is 46.1 Å². The lowest BCUT2D eigenvalue weighted by molar-refractivity contribution is -0.0293. The first-order valence-corrected chi connectivity index (χ1v) is 6.04. The summed E-state index contributed by atoms with van der Waals surface area (Å²) in [5, 5.41) is 0. The molecule has 1 rings (SSSR count). The fourth-order valence-electron chi connectivity index (χ4n) is 2.84. The Kier molecular flexibility index (Phi) is 3.96. The van der Waals surface area contributed by atoms with Gasteiger partial charge in [0.2, 0.25) is 0 Å². The maximum Gasteiger partial charge on any atom is 0.0337 e. The largest absolute Gasteiger partial charge is 0.329 e. The summed E-state index contributed by atoms with van der Waals surface area (Å²) in [5.41, 5.74) is 6.29. The number of hydrogen-bond acceptors (Lipinski definition) is 2. The van der Waals surface area contributed by atoms with Gasteiger partial charge in [0.05, 0.1) is 0 Å². The van der Waals surface area contributed by atoms with E-state index >= 15 is 0 Å². The summed E-state index contributed by atoms with van der Waals surface area (Å²) in [6.07, 6.45) is 2.62. The van der Waals surface area contributed by atoms with Gasteiger partial charge in [-0.15, -0.1) is 0 Å². The summed E-state index contributed by atoms with van der Waals surface area (Å²) in [6, 6.07) is 0. The van der Waals surface area contributed by atoms with Crippen molar-refractivity contribution in [3.05, 3.63) is 0 Å². The van der Waals surface area contributed by atoms with E-state index in [0.717, 1.165) is 31.5 Å². The van der Waals surface area contributed by atoms with E-state index in [-0.39, 0.29) is 0 Å². The molecule has 0 aromatic carbocycles. The summed E-state index contributed by atoms with van der Waals surface area (Å²) in [6.45, 7) is 12.2. The number of hydrogen-bond donors (Lipinski definition) is 1. The third kappa shape index (κ3) is 1.96. The molecule has 14 heavy (non-hydrogen) atoms. The normalized spacial score (nSPS) is 32.4. The van der Waals surface area contributed by atoms with Crippen molar-refractivity contribution in [3.8, 4) is 0 Å². The highest BCUT2D eigenvalue weighted by Crippen LogP contribution is 2.45. The molecule has 0 spiro atoms. The van der Waals surface area contributed by atoms with Crippen molar-refractivity contribution in [2.24, 2.45) is 17.6 Å². The van der Waals surface area contributed by atoms with Crippen molar-refractivity contribution in [1.29, 1.82) is 0 Å². The van der Waals surface area contributed by atoms with Gasteiger partial charge in [-0.3, -0.25) is 4.90 Å². The molecule has 1 aliphatic rings. The number of nitrogens with two attached hydrogens (primary N) is 1. The van der Waals surface area contributed by atoms with Crippen LogP contribution in [0.3, 0.4) is 0 Å². The zero-order valence-electron chi connectivity index (χ0n) is 10.2. The lowest BCUT2D eigenvalue weighted by atomic mass is 9.63. The second kappa shape index (κ2) is 4.63. The molecular formula is C12H26N2. The zero-order valence-corrected chi connectivity index (χ0v) is 10.2. The van der Waals surface area contributed by atoms with E-state index in [1.165, 1.54) is 12.8 Å². The maximum atomic E-state index is 5.94. The Labute approximate surface area is 88.8 Å². The molecule has 2 N–H and O–H groups in total. The van der Waals surface area contributed by atoms with Gasteiger partial charge in [0.1, 0.15) is 0 Å². The molecule has 1 aliphatic carbocycles. The molecule has 0 aliphatic heterocycles. The molecule has 84 valence electrons. The molecule has 2 nitrogen and oxygen atoms in total. The van der Waals surface area contributed by atoms with Crippen LogP contribution in [0.5, 0.6) is 0 Å². The summed E-state index contributed by atoms with van der Waals surface area (Å²) in [5.74, 6) is 1.73. The summed E-state index contributed by atoms with van der Waals surface area (Å²) in [7, 11) is 0. The second-order valence-electron chi connectivity index (χ2n) is 5.01. The van der Waals surface area contributed by atoms with Crippen LogP contribution >= 0.6 is 0 Å². The highest BCUT2D eigenvalue weighted by atomic mass is 15.2. The minimum atomic E-state index is 0.346. The van der Waals surface area contributed by atoms with Crippen LogP contribution in [0.25, 0.3) is 0 Å². The molecule has 0 bridgehead atoms. The van der Waals surface area contributed by atoms with Gasteiger partial charge in [0.15, 0.2) is 0 Å². The average molecular weight is 198 g/mol. The van der Waals surface area contributed by atoms with Gasteiger partial charge in [0, 0.05) is 12.1 Å². The summed E-state index contributed by atoms with van der Waals surface area (Å²) in [4.78, 5) is 2.55. The van der Waals surface area contributed by atoms with Crippen LogP contribution in [-0.2, 0) is 0 Å². The molecule has 0 aromatic rings. The van der Waals surface area contributed by atoms with Gasteiger partial charge in [-0.05, 0) is 37.8 Å². The van der Waals surface area contributed by atoms with Crippen molar-refractivity contribution >= 4 is 0 Å². The second-order valence-corrected chi connectivity index (χ2v) is 5.01. The quantitative estimate of drug-likeness (QED) is 0.733. The van der Waals surface area contributed by atoms with E-state index in [4.69, 9.17) is 5.73 Å². The first-order chi connectivity index (χ1) is 6.59. The fraction of sp³-hybridized carbons (Fsp3) is 1.00. The van der Waals surface area contributed by atoms with E-state index in [9.17, 15) is 0 Å². The lowest BCUT2D eigenvalue weighted by Gasteiger charge is -2.55. The molecule has 0 atom stereocenters. The Balaban J connectivity index is 2.55. The summed E-state index contributed by atoms with van der Waals surface area (Å²) >= 11 is 0. The third-order valence-corrected chi connectivity index (χ3v) is 4.04. The topological polar surface area (TPSA) is 29.3 Å². The molecule has 0 heterocycles. The van der Waals surface area contributed by atoms with Crippen molar-refractivity contribution in [2.75, 3.05) is 19.6 Å². The van der Waals surface area contributed by atoms with Gasteiger partial charge in [0.25, 0.3) is 0 Å². The predicted octanol–water partition coefficient (Wildman–Crippen LogP) is 2.09. The Hall–Kier alpha value is -0.0800. The van der Waals surface area contributed by atoms with E-state index in [0.29, 0.717) is 5.54 Å². The number of likely N-dealkylation sites (N-methyl/N-ethyl adjacent to an activating group) is 1. The molecule has 0 aromatic heterocycles. The number of nitrogens with zero attached hydrogens (tertiary/aromatic N) is 1. The SMILES string of the molecule is CCN(CC)C1(CN)CC(C(C)C)C1. The van der Waals surface area contributed by atoms with Crippen LogP contribution in [0.2, 0.25) is 0 Å². The molecule has 1 fully saturated rings. The molecule has 0 saturated heterocycles. The van der Waals surface area contributed by atoms with Gasteiger partial charge < -0.3 is 5.73 Å². The zero-order chi connectivity index (χ0) is 10.8. The van der Waals surface area contributed by atoms with Crippen LogP contribution in [0, 0.1) is 11.8 Å². The third-order valence-electron chi connectivity index (χ3n) is 4.04. The lowest BCUT2D eigenvalue weighted by Crippen LogP contribution is -2.62. The maximum absolute atomic E-state index is 5.94. The highest BCUT2D eigenvalue weighted by molar-refractivity contribution is 5.03. The molecule has 0 radical (unpaired) electrons. The minimum Gasteiger partial charge on any atom is -0.329 e. The standard InChI is InChI=1S/C12H26N2/c1-5-14(6-2)12(9-13)7-11(8-12)10(3)4/h10-11H,5-9,13H2,1-4H3. The van der Waals surface area contributed by atoms with E-state index in [1.807, 2.05) is 0 Å². The van der Waals surface area contributed by atoms with E-state index in [2.05, 4.69) is 32.6 Å². The monoisotopic (exact) mass is 198 g/mol. The molecule has 0 unspecified atom stereocenters. The Morgan fingerprint density at radius 2 is 1.79 bits per heavy atom. The van der Waals surface area contributed by atoms with Gasteiger partial charge in [-0.1, -0.05) is 27.7 Å². The van der Waals surface area contributed by atoms with Crippen molar-refractivity contribution < 1.29 is 0 Å². The van der Waals surface area contributed by atoms with Crippen molar-refractivity contribution in [3.63, 3.8) is 0 Å². The molecule has 1 saturated carbocycles. The highest BCUT2D eigenvalue weighted by Gasteiger charge is 2.47. The van der Waals surface area contributed by atoms with E-state index in [1.54, 1.807) is 0 Å². The number of rotatable bonds is 5. The van der Waals surface area contributed by atoms with Gasteiger partial charge in [-0.25, -0.2) is 0 Å². The molecule has 2 heteroatoms. The Bertz CT molecular complexity index is 167. The van der Waals surface area contributed by atoms with E-state index < -0.39 is 0 Å². The van der Waals surface area contributed by atoms with Crippen LogP contribution in [0.15, 0.2) is 0 Å². The van der Waals surface area contributed by atoms with Crippen LogP contribution < -0.4 is 5.73 Å². The Morgan fingerprint density at radius 3 is 2.07 bits per heavy atom. The Morgan fingerprint density at radius 1 is 1.29 bits per heavy atom. The van der Waals surface area contributed by atoms with Crippen LogP contribution in [-0.4, -0.2) is 30.1 Å². The first kappa shape index (κ1) is 12.0. The summed E-state index contributed by atoms with van der Waals surface area (Å²) < 4.78 is 0. The van der Waals surface area contributed by atoms with Crippen LogP contribution in [0.1, 0.15) is 40.5 Å². The molecular weight excluding hydrogens is 172 g/mol. The van der Waals surface area contributed by atoms with Crippen LogP contribution in [0.4, 0.5) is 0 Å². The minimum absolute atomic E-state index is 0.346. The van der Waals surface area contributed by atoms with Gasteiger partial charge in [-0.2, -0.15) is 0 Å². The van der Waals surface area contributed by atoms with Gasteiger partial charge >= 0.3 is 0 Å².